The molecule has 0 N–H and O–H groups in total. The van der Waals surface area contributed by atoms with Crippen LogP contribution in [0.3, 0.4) is 0 Å². The number of fused-ring (bicyclic) bond motifs is 2. The maximum atomic E-state index is 13.9. The molecule has 1 saturated heterocycles. The molecule has 2 amide bonds. The van der Waals surface area contributed by atoms with Crippen LogP contribution >= 0.6 is 11.6 Å². The molecule has 0 aliphatic carbocycles. The lowest BCUT2D eigenvalue weighted by Gasteiger charge is -2.43. The van der Waals surface area contributed by atoms with Gasteiger partial charge in [0.25, 0.3) is 5.91 Å². The van der Waals surface area contributed by atoms with Crippen LogP contribution in [0.5, 0.6) is 17.2 Å². The fraction of sp³-hybridized carbons (Fsp3) is 0.351. The molecule has 0 bridgehead atoms. The number of halogens is 1. The average Bonchev–Trinajstić information content (AvgIpc) is 2.98. The van der Waals surface area contributed by atoms with Crippen molar-refractivity contribution >= 4 is 40.1 Å². The molecule has 0 aromatic heterocycles. The highest BCUT2D eigenvalue weighted by atomic mass is 35.5. The van der Waals surface area contributed by atoms with E-state index in [4.69, 9.17) is 25.8 Å². The zero-order valence-corrected chi connectivity index (χ0v) is 27.7. The molecule has 0 radical (unpaired) electrons. The van der Waals surface area contributed by atoms with Gasteiger partial charge in [-0.05, 0) is 87.6 Å². The van der Waals surface area contributed by atoms with Crippen molar-refractivity contribution in [2.45, 2.75) is 38.9 Å². The Labute approximate surface area is 275 Å². The third kappa shape index (κ3) is 6.93. The Morgan fingerprint density at radius 3 is 2.39 bits per heavy atom. The van der Waals surface area contributed by atoms with Gasteiger partial charge in [0, 0.05) is 44.1 Å². The predicted molar refractivity (Wildman–Crippen MR) is 182 cm³/mol. The van der Waals surface area contributed by atoms with E-state index in [9.17, 15) is 9.59 Å². The molecule has 4 aromatic rings. The van der Waals surface area contributed by atoms with Gasteiger partial charge in [-0.25, -0.2) is 4.79 Å². The van der Waals surface area contributed by atoms with Gasteiger partial charge in [0.2, 0.25) is 0 Å². The smallest absolute Gasteiger partial charge is 0.410 e. The lowest BCUT2D eigenvalue weighted by Crippen LogP contribution is -2.57. The van der Waals surface area contributed by atoms with Crippen LogP contribution in [0.25, 0.3) is 21.9 Å². The third-order valence-corrected chi connectivity index (χ3v) is 8.46. The van der Waals surface area contributed by atoms with Gasteiger partial charge in [0.15, 0.2) is 6.10 Å². The summed E-state index contributed by atoms with van der Waals surface area (Å²) in [6, 6.07) is 25.6. The Hall–Kier alpha value is -4.27. The summed E-state index contributed by atoms with van der Waals surface area (Å²) in [6.45, 7) is 7.74. The van der Waals surface area contributed by atoms with Gasteiger partial charge >= 0.3 is 6.09 Å². The van der Waals surface area contributed by atoms with Crippen LogP contribution < -0.4 is 14.4 Å². The maximum Gasteiger partial charge on any atom is 0.410 e. The molecule has 240 valence electrons. The summed E-state index contributed by atoms with van der Waals surface area (Å²) in [6.07, 6.45) is -0.437. The second kappa shape index (κ2) is 12.9. The van der Waals surface area contributed by atoms with Crippen LogP contribution in [0.1, 0.15) is 27.2 Å². The number of nitrogens with zero attached hydrogens (tertiary/aromatic N) is 3. The number of amides is 2. The monoisotopic (exact) mass is 641 g/mol. The third-order valence-electron chi connectivity index (χ3n) is 8.14. The SMILES string of the molecule is CN(C)CC[C@H]1Oc2cc(-c3cc(Oc4ccccc4)cc4ccccc34)c(Cl)cc2N(CC2CN(C(=O)OC(C)(C)C)C2)C1=O. The van der Waals surface area contributed by atoms with E-state index in [-0.39, 0.29) is 17.9 Å². The Kier molecular flexibility index (Phi) is 8.86. The molecule has 1 atom stereocenters. The molecule has 2 heterocycles. The van der Waals surface area contributed by atoms with E-state index < -0.39 is 11.7 Å². The van der Waals surface area contributed by atoms with Crippen molar-refractivity contribution in [2.75, 3.05) is 45.2 Å². The standard InChI is InChI=1S/C37H40ClN3O5/c1-37(2,3)46-36(43)40-21-24(22-40)23-41-32-20-31(38)30(19-34(32)45-33(35(41)42)15-16-39(4)5)29-18-27(44-26-12-7-6-8-13-26)17-25-11-9-10-14-28(25)29/h6-14,17-20,24,33H,15-16,21-23H2,1-5H3/t33-/m1/s1. The molecular formula is C37H40ClN3O5. The number of anilines is 1. The minimum absolute atomic E-state index is 0.0995. The molecule has 4 aromatic carbocycles. The second-order valence-electron chi connectivity index (χ2n) is 13.3. The van der Waals surface area contributed by atoms with E-state index in [0.29, 0.717) is 54.8 Å². The van der Waals surface area contributed by atoms with E-state index in [0.717, 1.165) is 27.6 Å². The summed E-state index contributed by atoms with van der Waals surface area (Å²) < 4.78 is 18.2. The molecule has 9 heteroatoms. The molecule has 0 unspecified atom stereocenters. The number of ether oxygens (including phenoxy) is 3. The molecule has 0 saturated carbocycles. The molecule has 1 fully saturated rings. The van der Waals surface area contributed by atoms with Crippen LogP contribution in [0.4, 0.5) is 10.5 Å². The highest BCUT2D eigenvalue weighted by Crippen LogP contribution is 2.45. The number of hydrogen-bond donors (Lipinski definition) is 0. The van der Waals surface area contributed by atoms with Gasteiger partial charge in [-0.15, -0.1) is 0 Å². The first-order valence-electron chi connectivity index (χ1n) is 15.7. The minimum Gasteiger partial charge on any atom is -0.478 e. The van der Waals surface area contributed by atoms with Crippen LogP contribution in [0, 0.1) is 5.92 Å². The van der Waals surface area contributed by atoms with Crippen LogP contribution in [0.2, 0.25) is 5.02 Å². The fourth-order valence-corrected chi connectivity index (χ4v) is 6.17. The zero-order chi connectivity index (χ0) is 32.6. The number of carbonyl (C=O) groups is 2. The Morgan fingerprint density at radius 2 is 1.67 bits per heavy atom. The molecule has 2 aliphatic rings. The van der Waals surface area contributed by atoms with E-state index in [1.165, 1.54) is 0 Å². The van der Waals surface area contributed by atoms with Crippen molar-refractivity contribution in [1.29, 1.82) is 0 Å². The normalized spacial score (nSPS) is 16.7. The van der Waals surface area contributed by atoms with Crippen LogP contribution in [-0.4, -0.2) is 73.8 Å². The van der Waals surface area contributed by atoms with E-state index in [1.807, 2.05) is 106 Å². The summed E-state index contributed by atoms with van der Waals surface area (Å²) in [7, 11) is 3.96. The summed E-state index contributed by atoms with van der Waals surface area (Å²) in [5.41, 5.74) is 1.77. The molecule has 46 heavy (non-hydrogen) atoms. The quantitative estimate of drug-likeness (QED) is 0.195. The number of hydrogen-bond acceptors (Lipinski definition) is 6. The number of benzene rings is 4. The summed E-state index contributed by atoms with van der Waals surface area (Å²) >= 11 is 7.06. The Morgan fingerprint density at radius 1 is 0.957 bits per heavy atom. The largest absolute Gasteiger partial charge is 0.478 e. The van der Waals surface area contributed by atoms with Gasteiger partial charge in [0.1, 0.15) is 22.8 Å². The second-order valence-corrected chi connectivity index (χ2v) is 13.7. The van der Waals surface area contributed by atoms with Crippen molar-refractivity contribution in [1.82, 2.24) is 9.80 Å². The van der Waals surface area contributed by atoms with Crippen molar-refractivity contribution in [3.8, 4) is 28.4 Å². The topological polar surface area (TPSA) is 71.6 Å². The van der Waals surface area contributed by atoms with E-state index in [1.54, 1.807) is 9.80 Å². The lowest BCUT2D eigenvalue weighted by molar-refractivity contribution is -0.127. The highest BCUT2D eigenvalue weighted by molar-refractivity contribution is 6.34. The lowest BCUT2D eigenvalue weighted by atomic mass is 9.95. The minimum atomic E-state index is -0.643. The molecule has 6 rings (SSSR count). The average molecular weight is 642 g/mol. The van der Waals surface area contributed by atoms with Crippen molar-refractivity contribution in [2.24, 2.45) is 5.92 Å². The Bertz CT molecular complexity index is 1750. The summed E-state index contributed by atoms with van der Waals surface area (Å²) in [4.78, 5) is 31.9. The first-order valence-corrected chi connectivity index (χ1v) is 16.0. The van der Waals surface area contributed by atoms with Crippen molar-refractivity contribution < 1.29 is 23.8 Å². The number of rotatable bonds is 8. The van der Waals surface area contributed by atoms with Gasteiger partial charge in [-0.2, -0.15) is 0 Å². The number of likely N-dealkylation sites (tertiary alicyclic amines) is 1. The molecule has 8 nitrogen and oxygen atoms in total. The van der Waals surface area contributed by atoms with Crippen LogP contribution in [0.15, 0.2) is 78.9 Å². The highest BCUT2D eigenvalue weighted by Gasteiger charge is 2.40. The molecule has 2 aliphatic heterocycles. The van der Waals surface area contributed by atoms with Crippen molar-refractivity contribution in [3.63, 3.8) is 0 Å². The fourth-order valence-electron chi connectivity index (χ4n) is 5.91. The molecule has 0 spiro atoms. The van der Waals surface area contributed by atoms with Crippen LogP contribution in [-0.2, 0) is 9.53 Å². The summed E-state index contributed by atoms with van der Waals surface area (Å²) in [5, 5.41) is 2.54. The van der Waals surface area contributed by atoms with Gasteiger partial charge in [-0.3, -0.25) is 4.79 Å². The van der Waals surface area contributed by atoms with E-state index in [2.05, 4.69) is 12.1 Å². The van der Waals surface area contributed by atoms with Gasteiger partial charge < -0.3 is 28.9 Å². The number of carbonyl (C=O) groups excluding carboxylic acids is 2. The van der Waals surface area contributed by atoms with E-state index >= 15 is 0 Å². The maximum absolute atomic E-state index is 13.9. The molecular weight excluding hydrogens is 602 g/mol. The van der Waals surface area contributed by atoms with Gasteiger partial charge in [0.05, 0.1) is 10.7 Å². The van der Waals surface area contributed by atoms with Gasteiger partial charge in [-0.1, -0.05) is 54.1 Å². The Balaban J connectivity index is 1.34. The first-order chi connectivity index (χ1) is 21.9. The van der Waals surface area contributed by atoms with Crippen molar-refractivity contribution in [3.05, 3.63) is 83.9 Å². The first kappa shape index (κ1) is 31.7. The predicted octanol–water partition coefficient (Wildman–Crippen LogP) is 7.87. The zero-order valence-electron chi connectivity index (χ0n) is 27.0. The summed E-state index contributed by atoms with van der Waals surface area (Å²) in [5.74, 6) is 2.03. The number of para-hydroxylation sites is 1.